The number of esters is 1. The van der Waals surface area contributed by atoms with Crippen LogP contribution in [0.4, 0.5) is 4.39 Å². The van der Waals surface area contributed by atoms with E-state index in [1.54, 1.807) is 0 Å². The molecule has 0 saturated carbocycles. The maximum absolute atomic E-state index is 14.2. The molecule has 8 nitrogen and oxygen atoms in total. The van der Waals surface area contributed by atoms with Gasteiger partial charge in [-0.25, -0.2) is 17.6 Å². The Hall–Kier alpha value is -2.04. The molecule has 0 spiro atoms. The number of carbonyl (C=O) groups is 2. The zero-order valence-corrected chi connectivity index (χ0v) is 16.8. The summed E-state index contributed by atoms with van der Waals surface area (Å²) in [5.74, 6) is -2.32. The van der Waals surface area contributed by atoms with Crippen molar-refractivity contribution in [2.75, 3.05) is 32.9 Å². The van der Waals surface area contributed by atoms with E-state index >= 15 is 0 Å². The standard InChI is InChI=1S/C18H25FN2O6S/c1-3-14(4-2)20-17(22)12-27-18(23)13-5-6-15(19)16(11-13)28(24,25)21-7-9-26-10-8-21/h5-6,11,14H,3-4,7-10,12H2,1-2H3,(H,20,22). The highest BCUT2D eigenvalue weighted by Crippen LogP contribution is 2.22. The summed E-state index contributed by atoms with van der Waals surface area (Å²) in [6.07, 6.45) is 1.49. The highest BCUT2D eigenvalue weighted by atomic mass is 32.2. The number of nitrogens with one attached hydrogen (secondary N) is 1. The minimum atomic E-state index is -4.11. The summed E-state index contributed by atoms with van der Waals surface area (Å²) in [4.78, 5) is 23.4. The van der Waals surface area contributed by atoms with Crippen molar-refractivity contribution >= 4 is 21.9 Å². The van der Waals surface area contributed by atoms with Crippen LogP contribution in [0.25, 0.3) is 0 Å². The van der Waals surface area contributed by atoms with Gasteiger partial charge in [-0.3, -0.25) is 4.79 Å². The predicted octanol–water partition coefficient (Wildman–Crippen LogP) is 1.31. The van der Waals surface area contributed by atoms with Gasteiger partial charge in [-0.2, -0.15) is 4.31 Å². The lowest BCUT2D eigenvalue weighted by Crippen LogP contribution is -2.41. The molecule has 2 rings (SSSR count). The molecule has 1 aromatic carbocycles. The van der Waals surface area contributed by atoms with Crippen molar-refractivity contribution < 1.29 is 31.9 Å². The van der Waals surface area contributed by atoms with Gasteiger partial charge < -0.3 is 14.8 Å². The Morgan fingerprint density at radius 2 is 1.89 bits per heavy atom. The molecule has 1 amide bonds. The number of hydrogen-bond donors (Lipinski definition) is 1. The molecule has 156 valence electrons. The van der Waals surface area contributed by atoms with Gasteiger partial charge in [-0.15, -0.1) is 0 Å². The van der Waals surface area contributed by atoms with E-state index in [-0.39, 0.29) is 37.9 Å². The Morgan fingerprint density at radius 3 is 2.50 bits per heavy atom. The number of rotatable bonds is 8. The van der Waals surface area contributed by atoms with E-state index < -0.39 is 39.2 Å². The first kappa shape index (κ1) is 22.3. The van der Waals surface area contributed by atoms with Crippen molar-refractivity contribution in [2.45, 2.75) is 37.6 Å². The van der Waals surface area contributed by atoms with E-state index in [0.717, 1.165) is 35.3 Å². The minimum absolute atomic E-state index is 0.0118. The molecule has 1 fully saturated rings. The monoisotopic (exact) mass is 416 g/mol. The Bertz CT molecular complexity index is 804. The Labute approximate surface area is 164 Å². The summed E-state index contributed by atoms with van der Waals surface area (Å²) < 4.78 is 50.6. The molecule has 10 heteroatoms. The molecule has 0 unspecified atom stereocenters. The summed E-state index contributed by atoms with van der Waals surface area (Å²) in [5.41, 5.74) is -0.149. The Morgan fingerprint density at radius 1 is 1.25 bits per heavy atom. The molecule has 1 saturated heterocycles. The average Bonchev–Trinajstić information content (AvgIpc) is 2.71. The topological polar surface area (TPSA) is 102 Å². The SMILES string of the molecule is CCC(CC)NC(=O)COC(=O)c1ccc(F)c(S(=O)(=O)N2CCOCC2)c1. The van der Waals surface area contributed by atoms with Gasteiger partial charge in [0.15, 0.2) is 6.61 Å². The lowest BCUT2D eigenvalue weighted by Gasteiger charge is -2.26. The van der Waals surface area contributed by atoms with Gasteiger partial charge in [0, 0.05) is 19.1 Å². The summed E-state index contributed by atoms with van der Waals surface area (Å²) in [6.45, 7) is 3.99. The van der Waals surface area contributed by atoms with E-state index in [1.165, 1.54) is 0 Å². The number of amides is 1. The highest BCUT2D eigenvalue weighted by molar-refractivity contribution is 7.89. The molecule has 1 aromatic rings. The third-order valence-electron chi connectivity index (χ3n) is 4.44. The van der Waals surface area contributed by atoms with Crippen LogP contribution in [-0.2, 0) is 24.3 Å². The van der Waals surface area contributed by atoms with Crippen LogP contribution in [0.1, 0.15) is 37.0 Å². The minimum Gasteiger partial charge on any atom is -0.452 e. The molecule has 0 aromatic heterocycles. The van der Waals surface area contributed by atoms with Crippen LogP contribution >= 0.6 is 0 Å². The van der Waals surface area contributed by atoms with Crippen LogP contribution in [0.15, 0.2) is 23.1 Å². The third kappa shape index (κ3) is 5.49. The van der Waals surface area contributed by atoms with Crippen molar-refractivity contribution in [3.63, 3.8) is 0 Å². The second-order valence-electron chi connectivity index (χ2n) is 6.32. The molecule has 1 heterocycles. The van der Waals surface area contributed by atoms with Crippen LogP contribution in [0.5, 0.6) is 0 Å². The average molecular weight is 416 g/mol. The number of nitrogens with zero attached hydrogens (tertiary/aromatic N) is 1. The molecule has 0 radical (unpaired) electrons. The smallest absolute Gasteiger partial charge is 0.338 e. The molecule has 1 aliphatic rings. The number of sulfonamides is 1. The van der Waals surface area contributed by atoms with E-state index in [2.05, 4.69) is 5.32 Å². The maximum Gasteiger partial charge on any atom is 0.338 e. The van der Waals surface area contributed by atoms with E-state index in [9.17, 15) is 22.4 Å². The summed E-state index contributed by atoms with van der Waals surface area (Å²) in [7, 11) is -4.11. The molecule has 1 aliphatic heterocycles. The molecule has 0 bridgehead atoms. The summed E-state index contributed by atoms with van der Waals surface area (Å²) in [6, 6.07) is 2.94. The van der Waals surface area contributed by atoms with Crippen molar-refractivity contribution in [3.8, 4) is 0 Å². The van der Waals surface area contributed by atoms with Gasteiger partial charge in [0.25, 0.3) is 5.91 Å². The second-order valence-corrected chi connectivity index (χ2v) is 8.23. The van der Waals surface area contributed by atoms with Gasteiger partial charge in [0.05, 0.1) is 18.8 Å². The molecular weight excluding hydrogens is 391 g/mol. The fourth-order valence-corrected chi connectivity index (χ4v) is 4.23. The molecule has 28 heavy (non-hydrogen) atoms. The molecule has 0 aliphatic carbocycles. The van der Waals surface area contributed by atoms with Crippen molar-refractivity contribution in [2.24, 2.45) is 0 Å². The van der Waals surface area contributed by atoms with Crippen molar-refractivity contribution in [3.05, 3.63) is 29.6 Å². The van der Waals surface area contributed by atoms with Gasteiger partial charge >= 0.3 is 5.97 Å². The zero-order chi connectivity index (χ0) is 20.7. The lowest BCUT2D eigenvalue weighted by atomic mass is 10.2. The number of hydrogen-bond acceptors (Lipinski definition) is 6. The van der Waals surface area contributed by atoms with E-state index in [0.29, 0.717) is 0 Å². The fourth-order valence-electron chi connectivity index (χ4n) is 2.73. The van der Waals surface area contributed by atoms with Gasteiger partial charge in [-0.1, -0.05) is 13.8 Å². The molecular formula is C18H25FN2O6S. The van der Waals surface area contributed by atoms with E-state index in [1.807, 2.05) is 13.8 Å². The number of benzene rings is 1. The maximum atomic E-state index is 14.2. The fraction of sp³-hybridized carbons (Fsp3) is 0.556. The van der Waals surface area contributed by atoms with Crippen LogP contribution < -0.4 is 5.32 Å². The first-order valence-electron chi connectivity index (χ1n) is 9.13. The Kier molecular flexibility index (Phi) is 7.90. The summed E-state index contributed by atoms with van der Waals surface area (Å²) >= 11 is 0. The van der Waals surface area contributed by atoms with Crippen molar-refractivity contribution in [1.82, 2.24) is 9.62 Å². The molecule has 1 N–H and O–H groups in total. The first-order valence-corrected chi connectivity index (χ1v) is 10.6. The Balaban J connectivity index is 2.09. The normalized spacial score (nSPS) is 15.4. The van der Waals surface area contributed by atoms with Crippen molar-refractivity contribution in [1.29, 1.82) is 0 Å². The first-order chi connectivity index (χ1) is 13.3. The number of carbonyl (C=O) groups excluding carboxylic acids is 2. The second kappa shape index (κ2) is 9.94. The third-order valence-corrected chi connectivity index (χ3v) is 6.35. The van der Waals surface area contributed by atoms with Crippen LogP contribution in [0.2, 0.25) is 0 Å². The summed E-state index contributed by atoms with van der Waals surface area (Å²) in [5, 5.41) is 2.72. The number of ether oxygens (including phenoxy) is 2. The van der Waals surface area contributed by atoms with Gasteiger partial charge in [0.1, 0.15) is 10.7 Å². The quantitative estimate of drug-likeness (QED) is 0.641. The molecule has 0 atom stereocenters. The van der Waals surface area contributed by atoms with Gasteiger partial charge in [0.2, 0.25) is 10.0 Å². The number of halogens is 1. The predicted molar refractivity (Wildman–Crippen MR) is 98.8 cm³/mol. The highest BCUT2D eigenvalue weighted by Gasteiger charge is 2.30. The van der Waals surface area contributed by atoms with Crippen LogP contribution in [0, 0.1) is 5.82 Å². The number of morpholine rings is 1. The zero-order valence-electron chi connectivity index (χ0n) is 15.9. The lowest BCUT2D eigenvalue weighted by molar-refractivity contribution is -0.125. The van der Waals surface area contributed by atoms with Crippen LogP contribution in [0.3, 0.4) is 0 Å². The largest absolute Gasteiger partial charge is 0.452 e. The van der Waals surface area contributed by atoms with Gasteiger partial charge in [-0.05, 0) is 31.0 Å². The van der Waals surface area contributed by atoms with E-state index in [4.69, 9.17) is 9.47 Å². The van der Waals surface area contributed by atoms with Crippen LogP contribution in [-0.4, -0.2) is 63.6 Å².